The minimum atomic E-state index is -4.62. The quantitative estimate of drug-likeness (QED) is 0.404. The molecule has 1 rings (SSSR count). The van der Waals surface area contributed by atoms with Gasteiger partial charge in [-0.05, 0) is 24.6 Å². The summed E-state index contributed by atoms with van der Waals surface area (Å²) in [4.78, 5) is 11.6. The van der Waals surface area contributed by atoms with E-state index in [1.165, 1.54) is 0 Å². The van der Waals surface area contributed by atoms with Crippen molar-refractivity contribution in [2.75, 3.05) is 6.61 Å². The van der Waals surface area contributed by atoms with Gasteiger partial charge in [-0.3, -0.25) is 0 Å². The van der Waals surface area contributed by atoms with Crippen molar-refractivity contribution in [2.45, 2.75) is 45.2 Å². The maximum absolute atomic E-state index is 13.4. The van der Waals surface area contributed by atoms with E-state index in [9.17, 15) is 22.4 Å². The number of hydrogen-bond acceptors (Lipinski definition) is 2. The fourth-order valence-corrected chi connectivity index (χ4v) is 1.81. The second kappa shape index (κ2) is 8.00. The average Bonchev–Trinajstić information content (AvgIpc) is 2.41. The number of alkyl halides is 3. The summed E-state index contributed by atoms with van der Waals surface area (Å²) in [5, 5.41) is 0. The van der Waals surface area contributed by atoms with E-state index in [0.717, 1.165) is 25.7 Å². The van der Waals surface area contributed by atoms with Crippen LogP contribution < -0.4 is 0 Å². The maximum Gasteiger partial charge on any atom is 0.416 e. The summed E-state index contributed by atoms with van der Waals surface area (Å²) in [6.07, 6.45) is 0.0266. The summed E-state index contributed by atoms with van der Waals surface area (Å²) < 4.78 is 55.8. The van der Waals surface area contributed by atoms with Gasteiger partial charge in [-0.25, -0.2) is 9.18 Å². The fourth-order valence-electron chi connectivity index (χ4n) is 1.81. The van der Waals surface area contributed by atoms with Gasteiger partial charge in [0.05, 0.1) is 17.7 Å². The van der Waals surface area contributed by atoms with Crippen LogP contribution in [0.15, 0.2) is 18.2 Å². The van der Waals surface area contributed by atoms with Crippen LogP contribution in [0.2, 0.25) is 0 Å². The molecule has 0 spiro atoms. The number of halogens is 4. The fraction of sp³-hybridized carbons (Fsp3) is 0.533. The average molecular weight is 306 g/mol. The van der Waals surface area contributed by atoms with Gasteiger partial charge in [0.2, 0.25) is 0 Å². The Labute approximate surface area is 121 Å². The monoisotopic (exact) mass is 306 g/mol. The highest BCUT2D eigenvalue weighted by Gasteiger charge is 2.32. The topological polar surface area (TPSA) is 26.3 Å². The van der Waals surface area contributed by atoms with Crippen molar-refractivity contribution in [1.29, 1.82) is 0 Å². The van der Waals surface area contributed by atoms with E-state index in [1.807, 2.05) is 0 Å². The Morgan fingerprint density at radius 2 is 1.81 bits per heavy atom. The molecule has 0 unspecified atom stereocenters. The van der Waals surface area contributed by atoms with Crippen LogP contribution in [0.1, 0.15) is 54.9 Å². The van der Waals surface area contributed by atoms with Crippen LogP contribution >= 0.6 is 0 Å². The van der Waals surface area contributed by atoms with Gasteiger partial charge in [0.1, 0.15) is 5.82 Å². The zero-order valence-corrected chi connectivity index (χ0v) is 11.8. The highest BCUT2D eigenvalue weighted by Crippen LogP contribution is 2.30. The Kier molecular flexibility index (Phi) is 6.65. The largest absolute Gasteiger partial charge is 0.462 e. The number of hydrogen-bond donors (Lipinski definition) is 0. The van der Waals surface area contributed by atoms with E-state index in [-0.39, 0.29) is 6.61 Å². The van der Waals surface area contributed by atoms with Crippen molar-refractivity contribution in [3.63, 3.8) is 0 Å². The van der Waals surface area contributed by atoms with Gasteiger partial charge in [-0.2, -0.15) is 13.2 Å². The predicted molar refractivity (Wildman–Crippen MR) is 70.4 cm³/mol. The van der Waals surface area contributed by atoms with Crippen molar-refractivity contribution in [2.24, 2.45) is 0 Å². The van der Waals surface area contributed by atoms with Gasteiger partial charge in [0.25, 0.3) is 0 Å². The van der Waals surface area contributed by atoms with Crippen LogP contribution in [0, 0.1) is 5.82 Å². The van der Waals surface area contributed by atoms with E-state index >= 15 is 0 Å². The van der Waals surface area contributed by atoms with Gasteiger partial charge in [0.15, 0.2) is 0 Å². The molecule has 118 valence electrons. The molecule has 0 aliphatic rings. The molecule has 0 atom stereocenters. The third kappa shape index (κ3) is 5.73. The Morgan fingerprint density at radius 1 is 1.14 bits per heavy atom. The predicted octanol–water partition coefficient (Wildman–Crippen LogP) is 4.97. The molecule has 0 N–H and O–H groups in total. The summed E-state index contributed by atoms with van der Waals surface area (Å²) in [5.74, 6) is -2.08. The molecular formula is C15H18F4O2. The molecule has 0 bridgehead atoms. The maximum atomic E-state index is 13.4. The number of esters is 1. The minimum Gasteiger partial charge on any atom is -0.462 e. The van der Waals surface area contributed by atoms with Crippen LogP contribution in [0.3, 0.4) is 0 Å². The summed E-state index contributed by atoms with van der Waals surface area (Å²) in [6, 6.07) is 1.70. The van der Waals surface area contributed by atoms with E-state index in [0.29, 0.717) is 24.6 Å². The molecule has 21 heavy (non-hydrogen) atoms. The number of rotatable bonds is 7. The standard InChI is InChI=1S/C15H18F4O2/c1-2-3-4-5-6-9-21-14(20)12-10-11(15(17,18)19)7-8-13(12)16/h7-8,10H,2-6,9H2,1H3. The van der Waals surface area contributed by atoms with E-state index < -0.39 is 29.1 Å². The molecule has 1 aromatic carbocycles. The molecule has 0 heterocycles. The third-order valence-corrected chi connectivity index (χ3v) is 2.99. The molecule has 2 nitrogen and oxygen atoms in total. The molecule has 0 aliphatic carbocycles. The highest BCUT2D eigenvalue weighted by molar-refractivity contribution is 5.89. The Balaban J connectivity index is 2.57. The molecule has 0 aromatic heterocycles. The number of benzene rings is 1. The number of carbonyl (C=O) groups is 1. The first-order chi connectivity index (χ1) is 9.86. The lowest BCUT2D eigenvalue weighted by molar-refractivity contribution is -0.137. The van der Waals surface area contributed by atoms with Gasteiger partial charge < -0.3 is 4.74 Å². The number of carbonyl (C=O) groups excluding carboxylic acids is 1. The second-order valence-corrected chi connectivity index (χ2v) is 4.74. The SMILES string of the molecule is CCCCCCCOC(=O)c1cc(C(F)(F)F)ccc1F. The lowest BCUT2D eigenvalue weighted by Crippen LogP contribution is -2.12. The second-order valence-electron chi connectivity index (χ2n) is 4.74. The normalized spacial score (nSPS) is 11.5. The molecule has 0 saturated heterocycles. The molecular weight excluding hydrogens is 288 g/mol. The van der Waals surface area contributed by atoms with Crippen molar-refractivity contribution >= 4 is 5.97 Å². The van der Waals surface area contributed by atoms with Gasteiger partial charge in [-0.15, -0.1) is 0 Å². The lowest BCUT2D eigenvalue weighted by atomic mass is 10.1. The molecule has 0 fully saturated rings. The van der Waals surface area contributed by atoms with Crippen molar-refractivity contribution in [3.8, 4) is 0 Å². The van der Waals surface area contributed by atoms with Gasteiger partial charge in [0, 0.05) is 0 Å². The van der Waals surface area contributed by atoms with Crippen LogP contribution in [0.25, 0.3) is 0 Å². The van der Waals surface area contributed by atoms with Crippen LogP contribution in [0.5, 0.6) is 0 Å². The molecule has 0 amide bonds. The molecule has 1 aromatic rings. The highest BCUT2D eigenvalue weighted by atomic mass is 19.4. The van der Waals surface area contributed by atoms with Crippen molar-refractivity contribution < 1.29 is 27.1 Å². The smallest absolute Gasteiger partial charge is 0.416 e. The minimum absolute atomic E-state index is 0.0816. The first kappa shape index (κ1) is 17.5. The van der Waals surface area contributed by atoms with Crippen LogP contribution in [-0.4, -0.2) is 12.6 Å². The van der Waals surface area contributed by atoms with Gasteiger partial charge >= 0.3 is 12.1 Å². The Hall–Kier alpha value is -1.59. The van der Waals surface area contributed by atoms with E-state index in [2.05, 4.69) is 6.92 Å². The van der Waals surface area contributed by atoms with Gasteiger partial charge in [-0.1, -0.05) is 32.6 Å². The lowest BCUT2D eigenvalue weighted by Gasteiger charge is -2.10. The zero-order valence-electron chi connectivity index (χ0n) is 11.8. The first-order valence-corrected chi connectivity index (χ1v) is 6.90. The third-order valence-electron chi connectivity index (χ3n) is 2.99. The number of unbranched alkanes of at least 4 members (excludes halogenated alkanes) is 4. The van der Waals surface area contributed by atoms with E-state index in [4.69, 9.17) is 4.74 Å². The van der Waals surface area contributed by atoms with Crippen LogP contribution in [-0.2, 0) is 10.9 Å². The van der Waals surface area contributed by atoms with E-state index in [1.54, 1.807) is 0 Å². The number of ether oxygens (including phenoxy) is 1. The Morgan fingerprint density at radius 3 is 2.43 bits per heavy atom. The first-order valence-electron chi connectivity index (χ1n) is 6.90. The molecule has 6 heteroatoms. The van der Waals surface area contributed by atoms with Crippen LogP contribution in [0.4, 0.5) is 17.6 Å². The molecule has 0 saturated carbocycles. The molecule has 0 aliphatic heterocycles. The summed E-state index contributed by atoms with van der Waals surface area (Å²) >= 11 is 0. The van der Waals surface area contributed by atoms with Crippen molar-refractivity contribution in [1.82, 2.24) is 0 Å². The molecule has 0 radical (unpaired) electrons. The summed E-state index contributed by atoms with van der Waals surface area (Å²) in [6.45, 7) is 2.15. The van der Waals surface area contributed by atoms with Crippen molar-refractivity contribution in [3.05, 3.63) is 35.1 Å². The summed E-state index contributed by atoms with van der Waals surface area (Å²) in [5.41, 5.74) is -1.75. The Bertz CT molecular complexity index is 469. The zero-order chi connectivity index (χ0) is 15.9. The summed E-state index contributed by atoms with van der Waals surface area (Å²) in [7, 11) is 0.